The number of rotatable bonds is 5. The average Bonchev–Trinajstić information content (AvgIpc) is 2.98. The molecule has 2 heterocycles. The van der Waals surface area contributed by atoms with Gasteiger partial charge in [0.25, 0.3) is 0 Å². The lowest BCUT2D eigenvalue weighted by Crippen LogP contribution is -2.41. The standard InChI is InChI=1S/C13H17NO4S/c1-8(6-9-4-5-19-7-9)14-12(15)10-2-3-11(18-10)13(16)17/h4-5,7-8,10-11H,2-3,6H2,1H3,(H,14,15)(H,16,17)/t8?,10-,11+/m0/s1. The summed E-state index contributed by atoms with van der Waals surface area (Å²) in [5.41, 5.74) is 1.19. The topological polar surface area (TPSA) is 75.6 Å². The number of carboxylic acids is 1. The molecule has 5 nitrogen and oxygen atoms in total. The number of amides is 1. The average molecular weight is 283 g/mol. The van der Waals surface area contributed by atoms with Gasteiger partial charge in [0, 0.05) is 6.04 Å². The van der Waals surface area contributed by atoms with E-state index in [9.17, 15) is 9.59 Å². The predicted octanol–water partition coefficient (Wildman–Crippen LogP) is 1.43. The zero-order valence-electron chi connectivity index (χ0n) is 10.7. The lowest BCUT2D eigenvalue weighted by molar-refractivity contribution is -0.151. The van der Waals surface area contributed by atoms with Crippen LogP contribution in [0.5, 0.6) is 0 Å². The monoisotopic (exact) mass is 283 g/mol. The maximum absolute atomic E-state index is 11.9. The normalized spacial score (nSPS) is 24.1. The molecule has 1 amide bonds. The highest BCUT2D eigenvalue weighted by Gasteiger charge is 2.34. The fraction of sp³-hybridized carbons (Fsp3) is 0.538. The molecule has 0 aromatic carbocycles. The number of thiophene rings is 1. The molecule has 19 heavy (non-hydrogen) atoms. The van der Waals surface area contributed by atoms with Gasteiger partial charge < -0.3 is 15.2 Å². The molecule has 1 unspecified atom stereocenters. The Bertz CT molecular complexity index is 446. The van der Waals surface area contributed by atoms with Crippen LogP contribution in [0.15, 0.2) is 16.8 Å². The molecule has 1 saturated heterocycles. The maximum atomic E-state index is 11.9. The number of carboxylic acid groups (broad SMARTS) is 1. The highest BCUT2D eigenvalue weighted by atomic mass is 32.1. The molecule has 1 aromatic heterocycles. The minimum Gasteiger partial charge on any atom is -0.479 e. The van der Waals surface area contributed by atoms with Gasteiger partial charge in [-0.2, -0.15) is 11.3 Å². The van der Waals surface area contributed by atoms with Crippen molar-refractivity contribution in [3.05, 3.63) is 22.4 Å². The molecular formula is C13H17NO4S. The van der Waals surface area contributed by atoms with Crippen molar-refractivity contribution >= 4 is 23.2 Å². The molecule has 3 atom stereocenters. The SMILES string of the molecule is CC(Cc1ccsc1)NC(=O)[C@@H]1CC[C@H](C(=O)O)O1. The Labute approximate surface area is 115 Å². The molecule has 0 saturated carbocycles. The van der Waals surface area contributed by atoms with Gasteiger partial charge in [0.1, 0.15) is 6.10 Å². The number of ether oxygens (including phenoxy) is 1. The van der Waals surface area contributed by atoms with Crippen molar-refractivity contribution in [3.8, 4) is 0 Å². The Morgan fingerprint density at radius 1 is 1.53 bits per heavy atom. The number of hydrogen-bond acceptors (Lipinski definition) is 4. The van der Waals surface area contributed by atoms with Gasteiger partial charge in [-0.1, -0.05) is 0 Å². The second-order valence-corrected chi connectivity index (χ2v) is 5.55. The molecule has 104 valence electrons. The van der Waals surface area contributed by atoms with E-state index in [-0.39, 0.29) is 11.9 Å². The van der Waals surface area contributed by atoms with E-state index in [2.05, 4.69) is 10.7 Å². The van der Waals surface area contributed by atoms with Crippen molar-refractivity contribution in [1.29, 1.82) is 0 Å². The molecule has 1 aromatic rings. The van der Waals surface area contributed by atoms with Crippen LogP contribution in [-0.4, -0.2) is 35.2 Å². The highest BCUT2D eigenvalue weighted by Crippen LogP contribution is 2.20. The molecule has 0 aliphatic carbocycles. The summed E-state index contributed by atoms with van der Waals surface area (Å²) in [5.74, 6) is -1.21. The smallest absolute Gasteiger partial charge is 0.332 e. The first-order valence-corrected chi connectivity index (χ1v) is 7.20. The van der Waals surface area contributed by atoms with E-state index in [0.717, 1.165) is 6.42 Å². The number of carbonyl (C=O) groups is 2. The van der Waals surface area contributed by atoms with Crippen LogP contribution in [0.2, 0.25) is 0 Å². The van der Waals surface area contributed by atoms with Crippen LogP contribution in [0.4, 0.5) is 0 Å². The maximum Gasteiger partial charge on any atom is 0.332 e. The van der Waals surface area contributed by atoms with Crippen LogP contribution < -0.4 is 5.32 Å². The summed E-state index contributed by atoms with van der Waals surface area (Å²) in [5, 5.41) is 15.7. The second kappa shape index (κ2) is 6.16. The quantitative estimate of drug-likeness (QED) is 0.857. The number of hydrogen-bond donors (Lipinski definition) is 2. The third-order valence-electron chi connectivity index (χ3n) is 3.10. The summed E-state index contributed by atoms with van der Waals surface area (Å²) in [6.07, 6.45) is 0.152. The summed E-state index contributed by atoms with van der Waals surface area (Å²) in [6.45, 7) is 1.93. The highest BCUT2D eigenvalue weighted by molar-refractivity contribution is 7.07. The van der Waals surface area contributed by atoms with Crippen LogP contribution in [0.3, 0.4) is 0 Å². The van der Waals surface area contributed by atoms with E-state index in [1.165, 1.54) is 5.56 Å². The molecule has 0 bridgehead atoms. The summed E-state index contributed by atoms with van der Waals surface area (Å²) in [4.78, 5) is 22.7. The third kappa shape index (κ3) is 3.78. The van der Waals surface area contributed by atoms with E-state index in [4.69, 9.17) is 9.84 Å². The first kappa shape index (κ1) is 14.0. The van der Waals surface area contributed by atoms with Crippen molar-refractivity contribution in [1.82, 2.24) is 5.32 Å². The van der Waals surface area contributed by atoms with Crippen molar-refractivity contribution in [2.45, 2.75) is 44.4 Å². The molecule has 1 fully saturated rings. The van der Waals surface area contributed by atoms with E-state index in [0.29, 0.717) is 12.8 Å². The fourth-order valence-corrected chi connectivity index (χ4v) is 2.84. The van der Waals surface area contributed by atoms with Crippen LogP contribution in [-0.2, 0) is 20.7 Å². The van der Waals surface area contributed by atoms with Gasteiger partial charge in [0.05, 0.1) is 0 Å². The molecular weight excluding hydrogens is 266 g/mol. The Kier molecular flexibility index (Phi) is 4.55. The van der Waals surface area contributed by atoms with Gasteiger partial charge in [-0.3, -0.25) is 4.79 Å². The van der Waals surface area contributed by atoms with Crippen molar-refractivity contribution in [3.63, 3.8) is 0 Å². The van der Waals surface area contributed by atoms with Gasteiger partial charge >= 0.3 is 5.97 Å². The van der Waals surface area contributed by atoms with Crippen molar-refractivity contribution < 1.29 is 19.4 Å². The van der Waals surface area contributed by atoms with Gasteiger partial charge in [-0.05, 0) is 48.6 Å². The second-order valence-electron chi connectivity index (χ2n) is 4.77. The molecule has 2 N–H and O–H groups in total. The third-order valence-corrected chi connectivity index (χ3v) is 3.83. The Morgan fingerprint density at radius 2 is 2.26 bits per heavy atom. The minimum absolute atomic E-state index is 0.00887. The summed E-state index contributed by atoms with van der Waals surface area (Å²) < 4.78 is 5.21. The zero-order chi connectivity index (χ0) is 13.8. The van der Waals surface area contributed by atoms with E-state index in [1.807, 2.05) is 18.4 Å². The molecule has 1 aliphatic rings. The Balaban J connectivity index is 1.79. The van der Waals surface area contributed by atoms with Gasteiger partial charge in [-0.15, -0.1) is 0 Å². The van der Waals surface area contributed by atoms with Crippen LogP contribution >= 0.6 is 11.3 Å². The van der Waals surface area contributed by atoms with E-state index < -0.39 is 18.2 Å². The number of aliphatic carboxylic acids is 1. The van der Waals surface area contributed by atoms with Crippen molar-refractivity contribution in [2.24, 2.45) is 0 Å². The van der Waals surface area contributed by atoms with Crippen LogP contribution in [0, 0.1) is 0 Å². The molecule has 0 radical (unpaired) electrons. The van der Waals surface area contributed by atoms with Crippen LogP contribution in [0.25, 0.3) is 0 Å². The van der Waals surface area contributed by atoms with E-state index in [1.54, 1.807) is 11.3 Å². The van der Waals surface area contributed by atoms with Crippen molar-refractivity contribution in [2.75, 3.05) is 0 Å². The molecule has 2 rings (SSSR count). The minimum atomic E-state index is -0.998. The first-order valence-electron chi connectivity index (χ1n) is 6.26. The fourth-order valence-electron chi connectivity index (χ4n) is 2.16. The van der Waals surface area contributed by atoms with Gasteiger partial charge in [-0.25, -0.2) is 4.79 Å². The van der Waals surface area contributed by atoms with Gasteiger partial charge in [0.15, 0.2) is 6.10 Å². The lowest BCUT2D eigenvalue weighted by Gasteiger charge is -2.16. The Hall–Kier alpha value is -1.40. The molecule has 1 aliphatic heterocycles. The lowest BCUT2D eigenvalue weighted by atomic mass is 10.1. The van der Waals surface area contributed by atoms with Crippen LogP contribution in [0.1, 0.15) is 25.3 Å². The van der Waals surface area contributed by atoms with E-state index >= 15 is 0 Å². The zero-order valence-corrected chi connectivity index (χ0v) is 11.5. The molecule has 6 heteroatoms. The van der Waals surface area contributed by atoms with Gasteiger partial charge in [0.2, 0.25) is 5.91 Å². The predicted molar refractivity (Wildman–Crippen MR) is 71.2 cm³/mol. The summed E-state index contributed by atoms with van der Waals surface area (Å²) in [6, 6.07) is 2.04. The first-order chi connectivity index (χ1) is 9.06. The number of nitrogens with one attached hydrogen (secondary N) is 1. The number of carbonyl (C=O) groups excluding carboxylic acids is 1. The summed E-state index contributed by atoms with van der Waals surface area (Å²) >= 11 is 1.63. The Morgan fingerprint density at radius 3 is 2.84 bits per heavy atom. The largest absolute Gasteiger partial charge is 0.479 e. The molecule has 0 spiro atoms. The summed E-state index contributed by atoms with van der Waals surface area (Å²) in [7, 11) is 0.